The van der Waals surface area contributed by atoms with Crippen molar-refractivity contribution in [3.8, 4) is 10.6 Å². The van der Waals surface area contributed by atoms with Gasteiger partial charge >= 0.3 is 0 Å². The van der Waals surface area contributed by atoms with Crippen LogP contribution in [-0.4, -0.2) is 27.4 Å². The molecule has 0 radical (unpaired) electrons. The minimum Gasteiger partial charge on any atom is -0.324 e. The molecule has 1 heterocycles. The number of carbonyl (C=O) groups excluding carboxylic acids is 2. The van der Waals surface area contributed by atoms with Gasteiger partial charge in [-0.2, -0.15) is 0 Å². The molecule has 0 aliphatic carbocycles. The van der Waals surface area contributed by atoms with Crippen LogP contribution in [0.3, 0.4) is 0 Å². The molecule has 0 aliphatic rings. The van der Waals surface area contributed by atoms with Crippen molar-refractivity contribution in [2.75, 3.05) is 10.6 Å². The van der Waals surface area contributed by atoms with E-state index < -0.39 is 5.38 Å². The number of anilines is 2. The predicted octanol–water partition coefficient (Wildman–Crippen LogP) is 4.02. The zero-order valence-electron chi connectivity index (χ0n) is 13.8. The zero-order valence-corrected chi connectivity index (χ0v) is 15.3. The number of amides is 2. The molecule has 0 aliphatic heterocycles. The number of rotatable bonds is 5. The predicted molar refractivity (Wildman–Crippen MR) is 104 cm³/mol. The van der Waals surface area contributed by atoms with Gasteiger partial charge in [0.2, 0.25) is 11.0 Å². The lowest BCUT2D eigenvalue weighted by Crippen LogP contribution is -2.23. The fourth-order valence-electron chi connectivity index (χ4n) is 2.16. The Labute approximate surface area is 159 Å². The van der Waals surface area contributed by atoms with Gasteiger partial charge < -0.3 is 5.32 Å². The number of halogens is 1. The lowest BCUT2D eigenvalue weighted by Gasteiger charge is -2.11. The van der Waals surface area contributed by atoms with Gasteiger partial charge in [-0.25, -0.2) is 0 Å². The van der Waals surface area contributed by atoms with Crippen LogP contribution in [-0.2, 0) is 4.79 Å². The summed E-state index contributed by atoms with van der Waals surface area (Å²) in [6.07, 6.45) is 0. The Morgan fingerprint density at radius 1 is 1.00 bits per heavy atom. The highest BCUT2D eigenvalue weighted by Crippen LogP contribution is 2.27. The Hall–Kier alpha value is -2.77. The van der Waals surface area contributed by atoms with Gasteiger partial charge in [0, 0.05) is 5.56 Å². The molecule has 0 saturated carbocycles. The number of para-hydroxylation sites is 1. The smallest absolute Gasteiger partial charge is 0.259 e. The highest BCUT2D eigenvalue weighted by Gasteiger charge is 2.17. The van der Waals surface area contributed by atoms with Crippen LogP contribution in [0.5, 0.6) is 0 Å². The number of aromatic nitrogens is 2. The Balaban J connectivity index is 1.77. The summed E-state index contributed by atoms with van der Waals surface area (Å²) < 4.78 is 0. The minimum atomic E-state index is -0.706. The van der Waals surface area contributed by atoms with E-state index in [1.54, 1.807) is 31.2 Å². The van der Waals surface area contributed by atoms with E-state index in [2.05, 4.69) is 20.8 Å². The Bertz CT molecular complexity index is 928. The first-order valence-electron chi connectivity index (χ1n) is 7.79. The monoisotopic (exact) mass is 386 g/mol. The van der Waals surface area contributed by atoms with Crippen LogP contribution in [0.2, 0.25) is 0 Å². The maximum Gasteiger partial charge on any atom is 0.259 e. The van der Waals surface area contributed by atoms with Crippen molar-refractivity contribution in [2.45, 2.75) is 12.3 Å². The molecule has 6 nitrogen and oxygen atoms in total. The van der Waals surface area contributed by atoms with Gasteiger partial charge in [0.25, 0.3) is 5.91 Å². The molecule has 0 saturated heterocycles. The fourth-order valence-corrected chi connectivity index (χ4v) is 2.96. The quantitative estimate of drug-likeness (QED) is 0.648. The van der Waals surface area contributed by atoms with Gasteiger partial charge in [-0.15, -0.1) is 21.8 Å². The highest BCUT2D eigenvalue weighted by atomic mass is 35.5. The first kappa shape index (κ1) is 18.0. The third-order valence-corrected chi connectivity index (χ3v) is 4.54. The molecular formula is C18H15ClN4O2S. The van der Waals surface area contributed by atoms with Crippen molar-refractivity contribution >= 4 is 45.6 Å². The van der Waals surface area contributed by atoms with Crippen LogP contribution >= 0.6 is 22.9 Å². The van der Waals surface area contributed by atoms with Crippen molar-refractivity contribution in [1.82, 2.24) is 10.2 Å². The molecule has 2 aromatic carbocycles. The molecule has 0 spiro atoms. The van der Waals surface area contributed by atoms with Crippen LogP contribution in [0.25, 0.3) is 10.6 Å². The van der Waals surface area contributed by atoms with E-state index in [0.717, 1.165) is 5.56 Å². The summed E-state index contributed by atoms with van der Waals surface area (Å²) in [5.74, 6) is -0.770. The second kappa shape index (κ2) is 8.07. The standard InChI is InChI=1S/C18H15ClN4O2S/c1-11(19)15(24)20-14-10-6-5-9-13(14)16(25)21-18-23-22-17(26-18)12-7-3-2-4-8-12/h2-11H,1H3,(H,20,24)(H,21,23,25)/t11-/m1/s1. The van der Waals surface area contributed by atoms with Gasteiger partial charge in [-0.1, -0.05) is 53.8 Å². The molecule has 2 N–H and O–H groups in total. The number of nitrogens with zero attached hydrogens (tertiary/aromatic N) is 2. The molecule has 26 heavy (non-hydrogen) atoms. The van der Waals surface area contributed by atoms with Gasteiger partial charge in [-0.05, 0) is 19.1 Å². The molecular weight excluding hydrogens is 372 g/mol. The van der Waals surface area contributed by atoms with E-state index in [-0.39, 0.29) is 11.8 Å². The van der Waals surface area contributed by atoms with Crippen LogP contribution in [0.1, 0.15) is 17.3 Å². The third-order valence-electron chi connectivity index (χ3n) is 3.46. The average molecular weight is 387 g/mol. The Morgan fingerprint density at radius 3 is 2.42 bits per heavy atom. The molecule has 3 aromatic rings. The molecule has 0 bridgehead atoms. The lowest BCUT2D eigenvalue weighted by molar-refractivity contribution is -0.115. The van der Waals surface area contributed by atoms with E-state index in [1.165, 1.54) is 11.3 Å². The average Bonchev–Trinajstić information content (AvgIpc) is 3.11. The zero-order chi connectivity index (χ0) is 18.5. The van der Waals surface area contributed by atoms with Crippen LogP contribution in [0, 0.1) is 0 Å². The second-order valence-electron chi connectivity index (χ2n) is 5.38. The van der Waals surface area contributed by atoms with Crippen LogP contribution in [0.15, 0.2) is 54.6 Å². The van der Waals surface area contributed by atoms with Crippen molar-refractivity contribution < 1.29 is 9.59 Å². The summed E-state index contributed by atoms with van der Waals surface area (Å²) in [5.41, 5.74) is 1.62. The summed E-state index contributed by atoms with van der Waals surface area (Å²) >= 11 is 7.04. The number of hydrogen-bond donors (Lipinski definition) is 2. The van der Waals surface area contributed by atoms with E-state index in [4.69, 9.17) is 11.6 Å². The van der Waals surface area contributed by atoms with Crippen molar-refractivity contribution in [2.24, 2.45) is 0 Å². The summed E-state index contributed by atoms with van der Waals surface area (Å²) in [5, 5.41) is 13.8. The number of hydrogen-bond acceptors (Lipinski definition) is 5. The SMILES string of the molecule is C[C@@H](Cl)C(=O)Nc1ccccc1C(=O)Nc1nnc(-c2ccccc2)s1. The first-order chi connectivity index (χ1) is 12.5. The van der Waals surface area contributed by atoms with Gasteiger partial charge in [0.1, 0.15) is 10.4 Å². The molecule has 1 aromatic heterocycles. The normalized spacial score (nSPS) is 11.6. The summed E-state index contributed by atoms with van der Waals surface area (Å²) in [6.45, 7) is 1.56. The van der Waals surface area contributed by atoms with Crippen molar-refractivity contribution in [3.05, 3.63) is 60.2 Å². The largest absolute Gasteiger partial charge is 0.324 e. The van der Waals surface area contributed by atoms with Crippen LogP contribution < -0.4 is 10.6 Å². The molecule has 132 valence electrons. The number of alkyl halides is 1. The molecule has 0 fully saturated rings. The van der Waals surface area contributed by atoms with E-state index in [0.29, 0.717) is 21.4 Å². The maximum absolute atomic E-state index is 12.6. The Morgan fingerprint density at radius 2 is 1.69 bits per heavy atom. The molecule has 2 amide bonds. The number of carbonyl (C=O) groups is 2. The van der Waals surface area contributed by atoms with E-state index >= 15 is 0 Å². The maximum atomic E-state index is 12.6. The number of benzene rings is 2. The fraction of sp³-hybridized carbons (Fsp3) is 0.111. The molecule has 8 heteroatoms. The third kappa shape index (κ3) is 4.25. The highest BCUT2D eigenvalue weighted by molar-refractivity contribution is 7.18. The minimum absolute atomic E-state index is 0.314. The van der Waals surface area contributed by atoms with Crippen LogP contribution in [0.4, 0.5) is 10.8 Å². The summed E-state index contributed by atoms with van der Waals surface area (Å²) in [7, 11) is 0. The van der Waals surface area contributed by atoms with E-state index in [1.807, 2.05) is 30.3 Å². The number of nitrogens with one attached hydrogen (secondary N) is 2. The van der Waals surface area contributed by atoms with Gasteiger partial charge in [-0.3, -0.25) is 14.9 Å². The molecule has 1 atom stereocenters. The summed E-state index contributed by atoms with van der Waals surface area (Å²) in [4.78, 5) is 24.4. The van der Waals surface area contributed by atoms with Crippen molar-refractivity contribution in [3.63, 3.8) is 0 Å². The molecule has 0 unspecified atom stereocenters. The topological polar surface area (TPSA) is 84.0 Å². The lowest BCUT2D eigenvalue weighted by atomic mass is 10.1. The summed E-state index contributed by atoms with van der Waals surface area (Å²) in [6, 6.07) is 16.3. The Kier molecular flexibility index (Phi) is 5.60. The van der Waals surface area contributed by atoms with Gasteiger partial charge in [0.05, 0.1) is 11.3 Å². The molecule has 3 rings (SSSR count). The van der Waals surface area contributed by atoms with E-state index in [9.17, 15) is 9.59 Å². The van der Waals surface area contributed by atoms with Gasteiger partial charge in [0.15, 0.2) is 0 Å². The second-order valence-corrected chi connectivity index (χ2v) is 7.02. The first-order valence-corrected chi connectivity index (χ1v) is 9.04. The van der Waals surface area contributed by atoms with Crippen molar-refractivity contribution in [1.29, 1.82) is 0 Å².